The zero-order valence-electron chi connectivity index (χ0n) is 16.4. The number of thiocarbonyl (C=S) groups is 1. The predicted octanol–water partition coefficient (Wildman–Crippen LogP) is 2.00. The minimum absolute atomic E-state index is 0.0509. The summed E-state index contributed by atoms with van der Waals surface area (Å²) < 4.78 is 12.4. The first-order valence-corrected chi connectivity index (χ1v) is 9.93. The van der Waals surface area contributed by atoms with Crippen molar-refractivity contribution in [3.05, 3.63) is 58.0 Å². The van der Waals surface area contributed by atoms with Crippen LogP contribution in [0.2, 0.25) is 0 Å². The number of nitrogens with zero attached hydrogens (tertiary/aromatic N) is 2. The molecule has 1 aromatic carbocycles. The molecule has 2 bridgehead atoms. The van der Waals surface area contributed by atoms with Gasteiger partial charge >= 0.3 is 0 Å². The molecule has 152 valence electrons. The van der Waals surface area contributed by atoms with Crippen molar-refractivity contribution in [2.75, 3.05) is 27.3 Å². The number of methoxy groups -OCH3 is 2. The Morgan fingerprint density at radius 2 is 1.90 bits per heavy atom. The first-order chi connectivity index (χ1) is 14.0. The van der Waals surface area contributed by atoms with E-state index in [1.165, 1.54) is 7.11 Å². The molecule has 1 unspecified atom stereocenters. The number of likely N-dealkylation sites (tertiary alicyclic amines) is 1. The summed E-state index contributed by atoms with van der Waals surface area (Å²) in [6, 6.07) is 10.4. The Balaban J connectivity index is 1.47. The lowest BCUT2D eigenvalue weighted by Gasteiger charge is -2.43. The zero-order chi connectivity index (χ0) is 20.5. The summed E-state index contributed by atoms with van der Waals surface area (Å²) in [5, 5.41) is 3.24. The van der Waals surface area contributed by atoms with E-state index in [1.807, 2.05) is 21.6 Å². The Morgan fingerprint density at radius 1 is 1.10 bits per heavy atom. The molecule has 4 rings (SSSR count). The van der Waals surface area contributed by atoms with Crippen molar-refractivity contribution < 1.29 is 14.3 Å². The fraction of sp³-hybridized carbons (Fsp3) is 0.381. The summed E-state index contributed by atoms with van der Waals surface area (Å²) in [6.45, 7) is 2.10. The molecule has 2 aromatic rings. The Hall–Kier alpha value is -2.87. The molecular weight excluding hydrogens is 390 g/mol. The molecule has 2 atom stereocenters. The molecule has 1 aromatic heterocycles. The van der Waals surface area contributed by atoms with Crippen molar-refractivity contribution in [1.82, 2.24) is 14.8 Å². The number of benzene rings is 1. The summed E-state index contributed by atoms with van der Waals surface area (Å²) in [7, 11) is 3.08. The number of pyridine rings is 1. The topological polar surface area (TPSA) is 72.8 Å². The van der Waals surface area contributed by atoms with Crippen LogP contribution in [-0.4, -0.2) is 47.8 Å². The number of carbonyl (C=O) groups is 1. The SMILES string of the molecule is COc1ccc(C(=O)NC(=S)N2CC3C[C@@H](C2)Cn2c3cccc2=O)cc1OC. The first-order valence-electron chi connectivity index (χ1n) is 9.52. The molecule has 0 radical (unpaired) electrons. The van der Waals surface area contributed by atoms with Crippen LogP contribution in [0.5, 0.6) is 11.5 Å². The van der Waals surface area contributed by atoms with E-state index in [-0.39, 0.29) is 17.4 Å². The number of rotatable bonds is 3. The molecule has 3 heterocycles. The van der Waals surface area contributed by atoms with E-state index in [9.17, 15) is 9.59 Å². The Bertz CT molecular complexity index is 1020. The van der Waals surface area contributed by atoms with Crippen LogP contribution in [-0.2, 0) is 6.54 Å². The van der Waals surface area contributed by atoms with E-state index in [0.717, 1.165) is 18.7 Å². The lowest BCUT2D eigenvalue weighted by Crippen LogP contribution is -2.52. The summed E-state index contributed by atoms with van der Waals surface area (Å²) in [5.41, 5.74) is 1.54. The predicted molar refractivity (Wildman–Crippen MR) is 113 cm³/mol. The second-order valence-electron chi connectivity index (χ2n) is 7.43. The lowest BCUT2D eigenvalue weighted by molar-refractivity contribution is 0.0967. The van der Waals surface area contributed by atoms with Gasteiger partial charge in [-0.05, 0) is 48.8 Å². The van der Waals surface area contributed by atoms with Crippen LogP contribution in [0.1, 0.15) is 28.4 Å². The molecule has 7 nitrogen and oxygen atoms in total. The zero-order valence-corrected chi connectivity index (χ0v) is 17.2. The van der Waals surface area contributed by atoms with Gasteiger partial charge in [0, 0.05) is 42.9 Å². The molecule has 1 N–H and O–H groups in total. The Kier molecular flexibility index (Phi) is 5.27. The van der Waals surface area contributed by atoms with Gasteiger partial charge < -0.3 is 18.9 Å². The minimum Gasteiger partial charge on any atom is -0.493 e. The van der Waals surface area contributed by atoms with Gasteiger partial charge in [-0.2, -0.15) is 0 Å². The number of amides is 1. The van der Waals surface area contributed by atoms with E-state index in [2.05, 4.69) is 5.32 Å². The van der Waals surface area contributed by atoms with Gasteiger partial charge in [0.2, 0.25) is 0 Å². The van der Waals surface area contributed by atoms with Crippen LogP contribution in [0.4, 0.5) is 0 Å². The maximum atomic E-state index is 12.7. The van der Waals surface area contributed by atoms with Crippen molar-refractivity contribution in [3.8, 4) is 11.5 Å². The average Bonchev–Trinajstić information content (AvgIpc) is 2.73. The van der Waals surface area contributed by atoms with Gasteiger partial charge in [-0.25, -0.2) is 0 Å². The van der Waals surface area contributed by atoms with Crippen LogP contribution in [0.3, 0.4) is 0 Å². The monoisotopic (exact) mass is 413 g/mol. The number of fused-ring (bicyclic) bond motifs is 4. The van der Waals surface area contributed by atoms with E-state index < -0.39 is 0 Å². The molecule has 1 saturated heterocycles. The second kappa shape index (κ2) is 7.87. The molecule has 1 fully saturated rings. The molecule has 29 heavy (non-hydrogen) atoms. The van der Waals surface area contributed by atoms with Crippen molar-refractivity contribution in [2.24, 2.45) is 5.92 Å². The van der Waals surface area contributed by atoms with Crippen LogP contribution in [0.25, 0.3) is 0 Å². The molecule has 1 amide bonds. The normalized spacial score (nSPS) is 19.9. The fourth-order valence-electron chi connectivity index (χ4n) is 4.29. The van der Waals surface area contributed by atoms with Crippen LogP contribution < -0.4 is 20.3 Å². The third kappa shape index (κ3) is 3.72. The third-order valence-corrected chi connectivity index (χ3v) is 5.99. The van der Waals surface area contributed by atoms with Crippen molar-refractivity contribution in [3.63, 3.8) is 0 Å². The standard InChI is InChI=1S/C21H23N3O4S/c1-27-17-7-6-14(9-18(17)28-2)20(26)22-21(29)23-10-13-8-15(12-23)16-4-3-5-19(25)24(16)11-13/h3-7,9,13,15H,8,10-12H2,1-2H3,(H,22,26,29)/t13-,15?/m0/s1. The van der Waals surface area contributed by atoms with Gasteiger partial charge in [-0.15, -0.1) is 0 Å². The molecule has 0 saturated carbocycles. The van der Waals surface area contributed by atoms with E-state index in [4.69, 9.17) is 21.7 Å². The molecule has 2 aliphatic heterocycles. The first kappa shape index (κ1) is 19.4. The smallest absolute Gasteiger partial charge is 0.257 e. The third-order valence-electron chi connectivity index (χ3n) is 5.63. The highest BCUT2D eigenvalue weighted by molar-refractivity contribution is 7.80. The fourth-order valence-corrected chi connectivity index (χ4v) is 4.53. The Labute approximate surface area is 174 Å². The largest absolute Gasteiger partial charge is 0.493 e. The summed E-state index contributed by atoms with van der Waals surface area (Å²) in [4.78, 5) is 26.9. The Morgan fingerprint density at radius 3 is 2.66 bits per heavy atom. The van der Waals surface area contributed by atoms with Crippen LogP contribution >= 0.6 is 12.2 Å². The molecule has 0 spiro atoms. The van der Waals surface area contributed by atoms with Gasteiger partial charge in [0.25, 0.3) is 11.5 Å². The summed E-state index contributed by atoms with van der Waals surface area (Å²) >= 11 is 5.53. The van der Waals surface area contributed by atoms with Crippen LogP contribution in [0.15, 0.2) is 41.2 Å². The number of hydrogen-bond acceptors (Lipinski definition) is 5. The second-order valence-corrected chi connectivity index (χ2v) is 7.82. The van der Waals surface area contributed by atoms with Gasteiger partial charge in [0.1, 0.15) is 0 Å². The number of nitrogens with one attached hydrogen (secondary N) is 1. The summed E-state index contributed by atoms with van der Waals surface area (Å²) in [5.74, 6) is 1.32. The van der Waals surface area contributed by atoms with Gasteiger partial charge in [-0.3, -0.25) is 14.9 Å². The highest BCUT2D eigenvalue weighted by Crippen LogP contribution is 2.35. The number of piperidine rings is 1. The molecule has 0 aliphatic carbocycles. The molecule has 2 aliphatic rings. The van der Waals surface area contributed by atoms with E-state index >= 15 is 0 Å². The van der Waals surface area contributed by atoms with E-state index in [1.54, 1.807) is 31.4 Å². The van der Waals surface area contributed by atoms with Crippen molar-refractivity contribution in [1.29, 1.82) is 0 Å². The number of hydrogen-bond donors (Lipinski definition) is 1. The van der Waals surface area contributed by atoms with Gasteiger partial charge in [-0.1, -0.05) is 6.07 Å². The highest BCUT2D eigenvalue weighted by atomic mass is 32.1. The summed E-state index contributed by atoms with van der Waals surface area (Å²) in [6.07, 6.45) is 1.03. The molecule has 8 heteroatoms. The quantitative estimate of drug-likeness (QED) is 0.776. The van der Waals surface area contributed by atoms with Gasteiger partial charge in [0.15, 0.2) is 16.6 Å². The van der Waals surface area contributed by atoms with Crippen molar-refractivity contribution >= 4 is 23.2 Å². The highest BCUT2D eigenvalue weighted by Gasteiger charge is 2.35. The number of carbonyl (C=O) groups excluding carboxylic acids is 1. The van der Waals surface area contributed by atoms with E-state index in [0.29, 0.717) is 41.2 Å². The number of aromatic nitrogens is 1. The average molecular weight is 413 g/mol. The molecular formula is C21H23N3O4S. The maximum absolute atomic E-state index is 12.7. The van der Waals surface area contributed by atoms with Gasteiger partial charge in [0.05, 0.1) is 14.2 Å². The lowest BCUT2D eigenvalue weighted by atomic mass is 9.83. The number of ether oxygens (including phenoxy) is 2. The minimum atomic E-state index is -0.289. The van der Waals surface area contributed by atoms with Crippen molar-refractivity contribution in [2.45, 2.75) is 18.9 Å². The maximum Gasteiger partial charge on any atom is 0.257 e. The van der Waals surface area contributed by atoms with Crippen LogP contribution in [0, 0.1) is 5.92 Å².